The van der Waals surface area contributed by atoms with Gasteiger partial charge in [0.1, 0.15) is 0 Å². The van der Waals surface area contributed by atoms with Crippen LogP contribution >= 0.6 is 11.3 Å². The third-order valence-electron chi connectivity index (χ3n) is 3.20. The number of anilines is 2. The third kappa shape index (κ3) is 2.79. The Morgan fingerprint density at radius 2 is 1.95 bits per heavy atom. The summed E-state index contributed by atoms with van der Waals surface area (Å²) in [6, 6.07) is 9.79. The molecule has 0 fully saturated rings. The van der Waals surface area contributed by atoms with Crippen LogP contribution in [0.3, 0.4) is 0 Å². The predicted molar refractivity (Wildman–Crippen MR) is 82.0 cm³/mol. The Morgan fingerprint density at radius 1 is 1.32 bits per heavy atom. The number of hydrogen-bond donors (Lipinski definition) is 1. The molecule has 0 saturated heterocycles. The molecule has 0 radical (unpaired) electrons. The maximum Gasteiger partial charge on any atom is 0.268 e. The number of carbonyl (C=O) groups is 1. The number of benzene rings is 1. The highest BCUT2D eigenvalue weighted by molar-refractivity contribution is 7.14. The molecule has 1 aromatic heterocycles. The SMILES string of the molecule is CCc1ccc(N(C)C(=O)c2cc(N)c(C)s2)cc1. The molecule has 100 valence electrons. The van der Waals surface area contributed by atoms with Gasteiger partial charge in [0.05, 0.1) is 4.88 Å². The second-order valence-corrected chi connectivity index (χ2v) is 5.76. The smallest absolute Gasteiger partial charge is 0.268 e. The average Bonchev–Trinajstić information content (AvgIpc) is 2.77. The Balaban J connectivity index is 2.22. The summed E-state index contributed by atoms with van der Waals surface area (Å²) < 4.78 is 0. The normalized spacial score (nSPS) is 10.5. The summed E-state index contributed by atoms with van der Waals surface area (Å²) in [5.74, 6) is -0.0194. The minimum Gasteiger partial charge on any atom is -0.398 e. The van der Waals surface area contributed by atoms with Gasteiger partial charge in [0.15, 0.2) is 0 Å². The number of amides is 1. The first kappa shape index (κ1) is 13.6. The Labute approximate surface area is 117 Å². The van der Waals surface area contributed by atoms with Crippen LogP contribution in [0.2, 0.25) is 0 Å². The summed E-state index contributed by atoms with van der Waals surface area (Å²) in [4.78, 5) is 15.7. The number of thiophene rings is 1. The number of carbonyl (C=O) groups excluding carboxylic acids is 1. The van der Waals surface area contributed by atoms with E-state index in [1.165, 1.54) is 16.9 Å². The van der Waals surface area contributed by atoms with Crippen LogP contribution in [0.1, 0.15) is 27.0 Å². The van der Waals surface area contributed by atoms with E-state index in [1.807, 2.05) is 31.2 Å². The van der Waals surface area contributed by atoms with Crippen LogP contribution in [0, 0.1) is 6.92 Å². The standard InChI is InChI=1S/C15H18N2OS/c1-4-11-5-7-12(8-6-11)17(3)15(18)14-9-13(16)10(2)19-14/h5-9H,4,16H2,1-3H3. The van der Waals surface area contributed by atoms with Crippen LogP contribution in [0.15, 0.2) is 30.3 Å². The number of nitrogens with two attached hydrogens (primary N) is 1. The van der Waals surface area contributed by atoms with Gasteiger partial charge in [0, 0.05) is 23.3 Å². The first-order valence-corrected chi connectivity index (χ1v) is 7.07. The van der Waals surface area contributed by atoms with Gasteiger partial charge in [-0.15, -0.1) is 11.3 Å². The van der Waals surface area contributed by atoms with Crippen molar-refractivity contribution in [3.8, 4) is 0 Å². The zero-order valence-electron chi connectivity index (χ0n) is 11.4. The van der Waals surface area contributed by atoms with Crippen LogP contribution in [-0.2, 0) is 6.42 Å². The van der Waals surface area contributed by atoms with Crippen molar-refractivity contribution in [3.63, 3.8) is 0 Å². The Hall–Kier alpha value is -1.81. The van der Waals surface area contributed by atoms with E-state index in [-0.39, 0.29) is 5.91 Å². The molecule has 0 atom stereocenters. The molecule has 0 saturated carbocycles. The first-order valence-electron chi connectivity index (χ1n) is 6.25. The van der Waals surface area contributed by atoms with E-state index in [0.717, 1.165) is 17.0 Å². The molecule has 2 aromatic rings. The summed E-state index contributed by atoms with van der Waals surface area (Å²) in [5.41, 5.74) is 8.64. The highest BCUT2D eigenvalue weighted by Gasteiger charge is 2.16. The Morgan fingerprint density at radius 3 is 2.42 bits per heavy atom. The quantitative estimate of drug-likeness (QED) is 0.931. The van der Waals surface area contributed by atoms with Crippen molar-refractivity contribution in [2.45, 2.75) is 20.3 Å². The van der Waals surface area contributed by atoms with E-state index in [0.29, 0.717) is 10.6 Å². The van der Waals surface area contributed by atoms with Gasteiger partial charge in [-0.25, -0.2) is 0 Å². The largest absolute Gasteiger partial charge is 0.398 e. The molecule has 0 spiro atoms. The molecular weight excluding hydrogens is 256 g/mol. The van der Waals surface area contributed by atoms with Gasteiger partial charge >= 0.3 is 0 Å². The van der Waals surface area contributed by atoms with Gasteiger partial charge in [0.25, 0.3) is 5.91 Å². The molecule has 3 nitrogen and oxygen atoms in total. The van der Waals surface area contributed by atoms with Crippen LogP contribution in [0.25, 0.3) is 0 Å². The molecule has 0 aliphatic carbocycles. The second-order valence-electron chi connectivity index (χ2n) is 4.51. The van der Waals surface area contributed by atoms with Crippen molar-refractivity contribution in [1.29, 1.82) is 0 Å². The number of rotatable bonds is 3. The highest BCUT2D eigenvalue weighted by Crippen LogP contribution is 2.26. The van der Waals surface area contributed by atoms with E-state index >= 15 is 0 Å². The Bertz CT molecular complexity index is 567. The lowest BCUT2D eigenvalue weighted by molar-refractivity contribution is 0.0997. The monoisotopic (exact) mass is 274 g/mol. The summed E-state index contributed by atoms with van der Waals surface area (Å²) in [6.07, 6.45) is 0.999. The molecule has 1 aromatic carbocycles. The molecule has 1 amide bonds. The summed E-state index contributed by atoms with van der Waals surface area (Å²) in [5, 5.41) is 0. The van der Waals surface area contributed by atoms with Gasteiger partial charge in [0.2, 0.25) is 0 Å². The van der Waals surface area contributed by atoms with Gasteiger partial charge < -0.3 is 10.6 Å². The highest BCUT2D eigenvalue weighted by atomic mass is 32.1. The van der Waals surface area contributed by atoms with Gasteiger partial charge in [-0.05, 0) is 37.1 Å². The maximum atomic E-state index is 12.3. The minimum atomic E-state index is -0.0194. The molecule has 2 rings (SSSR count). The molecule has 0 unspecified atom stereocenters. The topological polar surface area (TPSA) is 46.3 Å². The molecule has 4 heteroatoms. The molecule has 0 bridgehead atoms. The minimum absolute atomic E-state index is 0.0194. The fraction of sp³-hybridized carbons (Fsp3) is 0.267. The molecular formula is C15H18N2OS. The van der Waals surface area contributed by atoms with Crippen molar-refractivity contribution in [2.24, 2.45) is 0 Å². The fourth-order valence-electron chi connectivity index (χ4n) is 1.84. The number of nitrogens with zero attached hydrogens (tertiary/aromatic N) is 1. The Kier molecular flexibility index (Phi) is 3.90. The van der Waals surface area contributed by atoms with Crippen LogP contribution < -0.4 is 10.6 Å². The summed E-state index contributed by atoms with van der Waals surface area (Å²) >= 11 is 1.44. The summed E-state index contributed by atoms with van der Waals surface area (Å²) in [6.45, 7) is 4.04. The zero-order valence-corrected chi connectivity index (χ0v) is 12.3. The van der Waals surface area contributed by atoms with Crippen LogP contribution in [0.4, 0.5) is 11.4 Å². The van der Waals surface area contributed by atoms with Crippen molar-refractivity contribution >= 4 is 28.6 Å². The molecule has 19 heavy (non-hydrogen) atoms. The van der Waals surface area contributed by atoms with E-state index in [4.69, 9.17) is 5.73 Å². The van der Waals surface area contributed by atoms with Gasteiger partial charge in [-0.1, -0.05) is 19.1 Å². The van der Waals surface area contributed by atoms with Crippen LogP contribution in [0.5, 0.6) is 0 Å². The number of nitrogen functional groups attached to an aromatic ring is 1. The first-order chi connectivity index (χ1) is 9.02. The van der Waals surface area contributed by atoms with E-state index < -0.39 is 0 Å². The summed E-state index contributed by atoms with van der Waals surface area (Å²) in [7, 11) is 1.79. The number of aryl methyl sites for hydroxylation is 2. The van der Waals surface area contributed by atoms with Gasteiger partial charge in [-0.3, -0.25) is 4.79 Å². The van der Waals surface area contributed by atoms with Crippen molar-refractivity contribution in [2.75, 3.05) is 17.7 Å². The van der Waals surface area contributed by atoms with Crippen molar-refractivity contribution in [3.05, 3.63) is 45.6 Å². The van der Waals surface area contributed by atoms with E-state index in [9.17, 15) is 4.79 Å². The van der Waals surface area contributed by atoms with Crippen LogP contribution in [-0.4, -0.2) is 13.0 Å². The molecule has 1 heterocycles. The maximum absolute atomic E-state index is 12.3. The fourth-order valence-corrected chi connectivity index (χ4v) is 2.76. The van der Waals surface area contributed by atoms with E-state index in [1.54, 1.807) is 18.0 Å². The molecule has 0 aliphatic heterocycles. The van der Waals surface area contributed by atoms with Gasteiger partial charge in [-0.2, -0.15) is 0 Å². The van der Waals surface area contributed by atoms with Crippen molar-refractivity contribution < 1.29 is 4.79 Å². The average molecular weight is 274 g/mol. The van der Waals surface area contributed by atoms with Crippen molar-refractivity contribution in [1.82, 2.24) is 0 Å². The lowest BCUT2D eigenvalue weighted by atomic mass is 10.1. The second kappa shape index (κ2) is 5.45. The predicted octanol–water partition coefficient (Wildman–Crippen LogP) is 3.48. The molecule has 0 aliphatic rings. The van der Waals surface area contributed by atoms with E-state index in [2.05, 4.69) is 6.92 Å². The zero-order chi connectivity index (χ0) is 14.0. The number of hydrogen-bond acceptors (Lipinski definition) is 3. The molecule has 2 N–H and O–H groups in total. The lowest BCUT2D eigenvalue weighted by Gasteiger charge is -2.16. The third-order valence-corrected chi connectivity index (χ3v) is 4.26. The lowest BCUT2D eigenvalue weighted by Crippen LogP contribution is -2.25.